The van der Waals surface area contributed by atoms with Gasteiger partial charge in [-0.15, -0.1) is 12.4 Å². The SMILES string of the molecule is Cl.NC1CCC(OCCOCc2ccccc2)CC1. The molecule has 2 rings (SSSR count). The van der Waals surface area contributed by atoms with Crippen molar-refractivity contribution in [3.63, 3.8) is 0 Å². The molecule has 1 aromatic carbocycles. The second-order valence-corrected chi connectivity index (χ2v) is 4.95. The number of rotatable bonds is 6. The van der Waals surface area contributed by atoms with Gasteiger partial charge in [0.25, 0.3) is 0 Å². The van der Waals surface area contributed by atoms with Gasteiger partial charge in [0.2, 0.25) is 0 Å². The number of ether oxygens (including phenoxy) is 2. The molecular weight excluding hydrogens is 262 g/mol. The molecule has 0 spiro atoms. The third-order valence-corrected chi connectivity index (χ3v) is 3.41. The molecule has 1 aliphatic rings. The summed E-state index contributed by atoms with van der Waals surface area (Å²) < 4.78 is 11.4. The van der Waals surface area contributed by atoms with Gasteiger partial charge in [-0.2, -0.15) is 0 Å². The lowest BCUT2D eigenvalue weighted by atomic mass is 9.94. The number of halogens is 1. The van der Waals surface area contributed by atoms with E-state index < -0.39 is 0 Å². The van der Waals surface area contributed by atoms with Crippen molar-refractivity contribution in [2.24, 2.45) is 5.73 Å². The summed E-state index contributed by atoms with van der Waals surface area (Å²) in [4.78, 5) is 0. The minimum absolute atomic E-state index is 0. The van der Waals surface area contributed by atoms with Crippen molar-refractivity contribution in [2.45, 2.75) is 44.4 Å². The number of hydrogen-bond donors (Lipinski definition) is 1. The molecule has 1 saturated carbocycles. The van der Waals surface area contributed by atoms with Crippen LogP contribution in [0.2, 0.25) is 0 Å². The quantitative estimate of drug-likeness (QED) is 0.818. The van der Waals surface area contributed by atoms with Crippen LogP contribution in [0.5, 0.6) is 0 Å². The minimum Gasteiger partial charge on any atom is -0.376 e. The summed E-state index contributed by atoms with van der Waals surface area (Å²) in [5, 5.41) is 0. The first-order valence-electron chi connectivity index (χ1n) is 6.83. The van der Waals surface area contributed by atoms with Crippen LogP contribution in [0.4, 0.5) is 0 Å². The van der Waals surface area contributed by atoms with Crippen LogP contribution < -0.4 is 5.73 Å². The molecule has 4 heteroatoms. The zero-order chi connectivity index (χ0) is 12.6. The van der Waals surface area contributed by atoms with Crippen molar-refractivity contribution >= 4 is 12.4 Å². The van der Waals surface area contributed by atoms with Crippen molar-refractivity contribution in [3.8, 4) is 0 Å². The normalized spacial score (nSPS) is 22.8. The zero-order valence-electron chi connectivity index (χ0n) is 11.3. The largest absolute Gasteiger partial charge is 0.376 e. The van der Waals surface area contributed by atoms with E-state index in [9.17, 15) is 0 Å². The van der Waals surface area contributed by atoms with Gasteiger partial charge in [0.15, 0.2) is 0 Å². The van der Waals surface area contributed by atoms with Gasteiger partial charge < -0.3 is 15.2 Å². The summed E-state index contributed by atoms with van der Waals surface area (Å²) in [6, 6.07) is 10.6. The Hall–Kier alpha value is -0.610. The molecule has 3 nitrogen and oxygen atoms in total. The van der Waals surface area contributed by atoms with Crippen molar-refractivity contribution in [1.29, 1.82) is 0 Å². The van der Waals surface area contributed by atoms with Crippen molar-refractivity contribution in [3.05, 3.63) is 35.9 Å². The van der Waals surface area contributed by atoms with Gasteiger partial charge in [0.1, 0.15) is 0 Å². The molecule has 0 amide bonds. The molecule has 1 fully saturated rings. The second-order valence-electron chi connectivity index (χ2n) is 4.95. The first-order chi connectivity index (χ1) is 8.84. The fraction of sp³-hybridized carbons (Fsp3) is 0.600. The lowest BCUT2D eigenvalue weighted by Gasteiger charge is -2.26. The molecule has 0 aliphatic heterocycles. The predicted molar refractivity (Wildman–Crippen MR) is 79.5 cm³/mol. The van der Waals surface area contributed by atoms with Crippen LogP contribution in [0.25, 0.3) is 0 Å². The monoisotopic (exact) mass is 285 g/mol. The molecule has 1 aromatic rings. The maximum Gasteiger partial charge on any atom is 0.0718 e. The molecule has 0 aromatic heterocycles. The Morgan fingerprint density at radius 1 is 1.00 bits per heavy atom. The standard InChI is InChI=1S/C15H23NO2.ClH/c16-14-6-8-15(9-7-14)18-11-10-17-12-13-4-2-1-3-5-13;/h1-5,14-15H,6-12,16H2;1H. The van der Waals surface area contributed by atoms with Crippen LogP contribution in [-0.2, 0) is 16.1 Å². The summed E-state index contributed by atoms with van der Waals surface area (Å²) in [5.74, 6) is 0. The van der Waals surface area contributed by atoms with E-state index in [1.807, 2.05) is 18.2 Å². The Morgan fingerprint density at radius 3 is 2.37 bits per heavy atom. The highest BCUT2D eigenvalue weighted by atomic mass is 35.5. The molecule has 108 valence electrons. The highest BCUT2D eigenvalue weighted by molar-refractivity contribution is 5.85. The van der Waals surface area contributed by atoms with Gasteiger partial charge in [-0.25, -0.2) is 0 Å². The maximum absolute atomic E-state index is 5.86. The van der Waals surface area contributed by atoms with Gasteiger partial charge in [-0.1, -0.05) is 30.3 Å². The van der Waals surface area contributed by atoms with Crippen LogP contribution >= 0.6 is 12.4 Å². The summed E-state index contributed by atoms with van der Waals surface area (Å²) in [6.07, 6.45) is 4.77. The fourth-order valence-corrected chi connectivity index (χ4v) is 2.29. The van der Waals surface area contributed by atoms with Crippen molar-refractivity contribution < 1.29 is 9.47 Å². The van der Waals surface area contributed by atoms with Gasteiger partial charge in [0, 0.05) is 6.04 Å². The van der Waals surface area contributed by atoms with E-state index >= 15 is 0 Å². The Labute approximate surface area is 121 Å². The van der Waals surface area contributed by atoms with Gasteiger partial charge in [-0.3, -0.25) is 0 Å². The third kappa shape index (κ3) is 6.39. The molecule has 2 N–H and O–H groups in total. The van der Waals surface area contributed by atoms with E-state index in [2.05, 4.69) is 12.1 Å². The molecule has 0 atom stereocenters. The van der Waals surface area contributed by atoms with E-state index in [4.69, 9.17) is 15.2 Å². The van der Waals surface area contributed by atoms with Gasteiger partial charge >= 0.3 is 0 Å². The van der Waals surface area contributed by atoms with Crippen molar-refractivity contribution in [2.75, 3.05) is 13.2 Å². The molecule has 0 bridgehead atoms. The van der Waals surface area contributed by atoms with Crippen LogP contribution in [0, 0.1) is 0 Å². The molecule has 0 saturated heterocycles. The van der Waals surface area contributed by atoms with Crippen LogP contribution in [0.1, 0.15) is 31.2 Å². The zero-order valence-corrected chi connectivity index (χ0v) is 12.1. The Morgan fingerprint density at radius 2 is 1.68 bits per heavy atom. The molecule has 0 unspecified atom stereocenters. The maximum atomic E-state index is 5.86. The molecule has 0 heterocycles. The van der Waals surface area contributed by atoms with Gasteiger partial charge in [-0.05, 0) is 31.2 Å². The van der Waals surface area contributed by atoms with Gasteiger partial charge in [0.05, 0.1) is 25.9 Å². The van der Waals surface area contributed by atoms with E-state index in [1.165, 1.54) is 5.56 Å². The van der Waals surface area contributed by atoms with Crippen molar-refractivity contribution in [1.82, 2.24) is 0 Å². The summed E-state index contributed by atoms with van der Waals surface area (Å²) in [5.41, 5.74) is 7.07. The van der Waals surface area contributed by atoms with E-state index in [0.717, 1.165) is 25.7 Å². The smallest absolute Gasteiger partial charge is 0.0718 e. The minimum atomic E-state index is 0. The molecule has 19 heavy (non-hydrogen) atoms. The third-order valence-electron chi connectivity index (χ3n) is 3.41. The Kier molecular flexibility index (Phi) is 8.07. The summed E-state index contributed by atoms with van der Waals surface area (Å²) >= 11 is 0. The number of benzene rings is 1. The molecule has 1 aliphatic carbocycles. The fourth-order valence-electron chi connectivity index (χ4n) is 2.29. The number of nitrogens with two attached hydrogens (primary N) is 1. The summed E-state index contributed by atoms with van der Waals surface area (Å²) in [6.45, 7) is 2.02. The Bertz CT molecular complexity index is 326. The first kappa shape index (κ1) is 16.4. The number of hydrogen-bond acceptors (Lipinski definition) is 3. The lowest BCUT2D eigenvalue weighted by Crippen LogP contribution is -2.30. The first-order valence-corrected chi connectivity index (χ1v) is 6.83. The summed E-state index contributed by atoms with van der Waals surface area (Å²) in [7, 11) is 0. The van der Waals surface area contributed by atoms with Crippen LogP contribution in [0.3, 0.4) is 0 Å². The second kappa shape index (κ2) is 9.32. The van der Waals surface area contributed by atoms with E-state index in [1.54, 1.807) is 0 Å². The predicted octanol–water partition coefficient (Wildman–Crippen LogP) is 2.91. The lowest BCUT2D eigenvalue weighted by molar-refractivity contribution is -0.0155. The average Bonchev–Trinajstić information content (AvgIpc) is 2.42. The van der Waals surface area contributed by atoms with E-state index in [0.29, 0.717) is 32.0 Å². The topological polar surface area (TPSA) is 44.5 Å². The van der Waals surface area contributed by atoms with E-state index in [-0.39, 0.29) is 12.4 Å². The molecule has 0 radical (unpaired) electrons. The average molecular weight is 286 g/mol. The Balaban J connectivity index is 0.00000180. The highest BCUT2D eigenvalue weighted by Gasteiger charge is 2.18. The van der Waals surface area contributed by atoms with Crippen LogP contribution in [0.15, 0.2) is 30.3 Å². The highest BCUT2D eigenvalue weighted by Crippen LogP contribution is 2.19. The van der Waals surface area contributed by atoms with Crippen LogP contribution in [-0.4, -0.2) is 25.4 Å². The molecular formula is C15H24ClNO2.